The second kappa shape index (κ2) is 9.68. The Morgan fingerprint density at radius 2 is 1.56 bits per heavy atom. The van der Waals surface area contributed by atoms with Crippen molar-refractivity contribution >= 4 is 27.0 Å². The van der Waals surface area contributed by atoms with Crippen LogP contribution in [0.2, 0.25) is 0 Å². The first-order valence-corrected chi connectivity index (χ1v) is 13.2. The van der Waals surface area contributed by atoms with Gasteiger partial charge in [-0.3, -0.25) is 4.79 Å². The molecular formula is C25H28N4O4S. The van der Waals surface area contributed by atoms with E-state index in [1.807, 2.05) is 24.3 Å². The van der Waals surface area contributed by atoms with Crippen molar-refractivity contribution in [3.8, 4) is 5.88 Å². The zero-order valence-electron chi connectivity index (χ0n) is 19.0. The van der Waals surface area contributed by atoms with Crippen LogP contribution in [0.4, 0.5) is 0 Å². The Morgan fingerprint density at radius 3 is 2.26 bits per heavy atom. The molecule has 1 aromatic heterocycles. The number of ether oxygens (including phenoxy) is 1. The SMILES string of the molecule is O=C(c1ccc(S(=O)(=O)N2CCCCC2)cc1)N1CCC(Oc2cnc3ccccc3n2)CC1. The van der Waals surface area contributed by atoms with Crippen molar-refractivity contribution in [3.05, 3.63) is 60.3 Å². The van der Waals surface area contributed by atoms with Gasteiger partial charge in [-0.15, -0.1) is 0 Å². The van der Waals surface area contributed by atoms with Crippen LogP contribution in [-0.2, 0) is 10.0 Å². The summed E-state index contributed by atoms with van der Waals surface area (Å²) in [6.07, 6.45) is 5.85. The summed E-state index contributed by atoms with van der Waals surface area (Å²) in [5.74, 6) is 0.403. The second-order valence-electron chi connectivity index (χ2n) is 8.80. The highest BCUT2D eigenvalue weighted by Gasteiger charge is 2.28. The standard InChI is InChI=1S/C25H28N4O4S/c30-25(19-8-10-21(11-9-19)34(31,32)29-14-4-1-5-15-29)28-16-12-20(13-17-28)33-24-18-26-22-6-2-3-7-23(22)27-24/h2-3,6-11,18,20H,1,4-5,12-17H2. The number of carbonyl (C=O) groups excluding carboxylic acids is 1. The van der Waals surface area contributed by atoms with Crippen LogP contribution in [0, 0.1) is 0 Å². The van der Waals surface area contributed by atoms with Gasteiger partial charge in [0.15, 0.2) is 0 Å². The molecule has 0 radical (unpaired) electrons. The van der Waals surface area contributed by atoms with E-state index in [-0.39, 0.29) is 16.9 Å². The highest BCUT2D eigenvalue weighted by molar-refractivity contribution is 7.89. The fourth-order valence-electron chi connectivity index (χ4n) is 4.55. The average Bonchev–Trinajstić information content (AvgIpc) is 2.89. The molecule has 9 heteroatoms. The number of fused-ring (bicyclic) bond motifs is 1. The Morgan fingerprint density at radius 1 is 0.882 bits per heavy atom. The van der Waals surface area contributed by atoms with Gasteiger partial charge >= 0.3 is 0 Å². The lowest BCUT2D eigenvalue weighted by molar-refractivity contribution is 0.0587. The Kier molecular flexibility index (Phi) is 6.47. The number of carbonyl (C=O) groups is 1. The lowest BCUT2D eigenvalue weighted by atomic mass is 10.1. The fraction of sp³-hybridized carbons (Fsp3) is 0.400. The van der Waals surface area contributed by atoms with E-state index in [4.69, 9.17) is 4.74 Å². The zero-order chi connectivity index (χ0) is 23.5. The molecule has 0 N–H and O–H groups in total. The summed E-state index contributed by atoms with van der Waals surface area (Å²) in [4.78, 5) is 23.9. The number of benzene rings is 2. The van der Waals surface area contributed by atoms with E-state index in [1.54, 1.807) is 35.4 Å². The van der Waals surface area contributed by atoms with Crippen LogP contribution in [0.5, 0.6) is 5.88 Å². The molecule has 2 aliphatic rings. The highest BCUT2D eigenvalue weighted by Crippen LogP contribution is 2.23. The number of aromatic nitrogens is 2. The summed E-state index contributed by atoms with van der Waals surface area (Å²) in [5, 5.41) is 0. The predicted molar refractivity (Wildman–Crippen MR) is 128 cm³/mol. The van der Waals surface area contributed by atoms with Gasteiger partial charge in [-0.2, -0.15) is 4.31 Å². The summed E-state index contributed by atoms with van der Waals surface area (Å²) in [6, 6.07) is 14.0. The summed E-state index contributed by atoms with van der Waals surface area (Å²) < 4.78 is 33.2. The number of para-hydroxylation sites is 2. The van der Waals surface area contributed by atoms with E-state index in [2.05, 4.69) is 9.97 Å². The van der Waals surface area contributed by atoms with Gasteiger partial charge in [0, 0.05) is 44.6 Å². The van der Waals surface area contributed by atoms with Gasteiger partial charge in [0.1, 0.15) is 6.10 Å². The van der Waals surface area contributed by atoms with E-state index >= 15 is 0 Å². The number of sulfonamides is 1. The zero-order valence-corrected chi connectivity index (χ0v) is 19.8. The predicted octanol–water partition coefficient (Wildman–Crippen LogP) is 3.49. The maximum atomic E-state index is 13.0. The van der Waals surface area contributed by atoms with Gasteiger partial charge < -0.3 is 9.64 Å². The smallest absolute Gasteiger partial charge is 0.253 e. The third-order valence-corrected chi connectivity index (χ3v) is 8.41. The van der Waals surface area contributed by atoms with Crippen LogP contribution in [0.15, 0.2) is 59.6 Å². The molecule has 0 aliphatic carbocycles. The van der Waals surface area contributed by atoms with Gasteiger partial charge in [-0.1, -0.05) is 18.6 Å². The molecule has 2 fully saturated rings. The topological polar surface area (TPSA) is 92.7 Å². The number of hydrogen-bond donors (Lipinski definition) is 0. The van der Waals surface area contributed by atoms with E-state index < -0.39 is 10.0 Å². The fourth-order valence-corrected chi connectivity index (χ4v) is 6.07. The Bertz CT molecular complexity index is 1270. The minimum Gasteiger partial charge on any atom is -0.473 e. The molecule has 8 nitrogen and oxygen atoms in total. The largest absolute Gasteiger partial charge is 0.473 e. The van der Waals surface area contributed by atoms with Crippen LogP contribution >= 0.6 is 0 Å². The Balaban J connectivity index is 1.18. The minimum atomic E-state index is -3.50. The van der Waals surface area contributed by atoms with E-state index in [0.717, 1.165) is 30.3 Å². The Hall–Kier alpha value is -3.04. The molecule has 2 saturated heterocycles. The number of amides is 1. The van der Waals surface area contributed by atoms with Crippen LogP contribution in [-0.4, -0.2) is 65.8 Å². The van der Waals surface area contributed by atoms with Crippen LogP contribution < -0.4 is 4.74 Å². The summed E-state index contributed by atoms with van der Waals surface area (Å²) in [5.41, 5.74) is 2.11. The van der Waals surface area contributed by atoms with Crippen molar-refractivity contribution in [1.82, 2.24) is 19.2 Å². The first kappa shape index (κ1) is 22.7. The number of likely N-dealkylation sites (tertiary alicyclic amines) is 1. The lowest BCUT2D eigenvalue weighted by Crippen LogP contribution is -2.41. The number of rotatable bonds is 5. The van der Waals surface area contributed by atoms with E-state index in [1.165, 1.54) is 4.31 Å². The molecule has 3 heterocycles. The molecule has 1 amide bonds. The Labute approximate surface area is 199 Å². The molecule has 0 spiro atoms. The third kappa shape index (κ3) is 4.76. The van der Waals surface area contributed by atoms with Crippen LogP contribution in [0.3, 0.4) is 0 Å². The molecule has 5 rings (SSSR count). The van der Waals surface area contributed by atoms with Gasteiger partial charge in [-0.25, -0.2) is 18.4 Å². The molecule has 0 bridgehead atoms. The first-order chi connectivity index (χ1) is 16.5. The van der Waals surface area contributed by atoms with Gasteiger partial charge in [-0.05, 0) is 49.2 Å². The monoisotopic (exact) mass is 480 g/mol. The minimum absolute atomic E-state index is 0.0309. The van der Waals surface area contributed by atoms with Crippen molar-refractivity contribution in [1.29, 1.82) is 0 Å². The van der Waals surface area contributed by atoms with Crippen LogP contribution in [0.25, 0.3) is 11.0 Å². The molecule has 3 aromatic rings. The number of nitrogens with zero attached hydrogens (tertiary/aromatic N) is 4. The average molecular weight is 481 g/mol. The highest BCUT2D eigenvalue weighted by atomic mass is 32.2. The molecule has 2 aliphatic heterocycles. The van der Waals surface area contributed by atoms with Gasteiger partial charge in [0.25, 0.3) is 5.91 Å². The van der Waals surface area contributed by atoms with Crippen molar-refractivity contribution in [2.24, 2.45) is 0 Å². The third-order valence-electron chi connectivity index (χ3n) is 6.50. The van der Waals surface area contributed by atoms with Crippen LogP contribution in [0.1, 0.15) is 42.5 Å². The second-order valence-corrected chi connectivity index (χ2v) is 10.7. The number of hydrogen-bond acceptors (Lipinski definition) is 6. The van der Waals surface area contributed by atoms with Gasteiger partial charge in [0.2, 0.25) is 15.9 Å². The molecule has 34 heavy (non-hydrogen) atoms. The first-order valence-electron chi connectivity index (χ1n) is 11.8. The van der Waals surface area contributed by atoms with Crippen molar-refractivity contribution in [2.75, 3.05) is 26.2 Å². The maximum Gasteiger partial charge on any atom is 0.253 e. The van der Waals surface area contributed by atoms with Gasteiger partial charge in [0.05, 0.1) is 22.1 Å². The number of piperidine rings is 2. The molecule has 2 aromatic carbocycles. The summed E-state index contributed by atoms with van der Waals surface area (Å²) in [7, 11) is -3.50. The lowest BCUT2D eigenvalue weighted by Gasteiger charge is -2.32. The molecule has 0 unspecified atom stereocenters. The molecule has 0 atom stereocenters. The van der Waals surface area contributed by atoms with E-state index in [9.17, 15) is 13.2 Å². The molecular weight excluding hydrogens is 452 g/mol. The van der Waals surface area contributed by atoms with E-state index in [0.29, 0.717) is 50.5 Å². The maximum absolute atomic E-state index is 13.0. The van der Waals surface area contributed by atoms with Crippen molar-refractivity contribution < 1.29 is 17.9 Å². The normalized spacial score (nSPS) is 18.2. The van der Waals surface area contributed by atoms with Crippen molar-refractivity contribution in [3.63, 3.8) is 0 Å². The molecule has 0 saturated carbocycles. The quantitative estimate of drug-likeness (QED) is 0.555. The van der Waals surface area contributed by atoms with Crippen molar-refractivity contribution in [2.45, 2.75) is 43.1 Å². The summed E-state index contributed by atoms with van der Waals surface area (Å²) in [6.45, 7) is 2.26. The molecule has 178 valence electrons. The summed E-state index contributed by atoms with van der Waals surface area (Å²) >= 11 is 0.